The van der Waals surface area contributed by atoms with Gasteiger partial charge in [0.05, 0.1) is 0 Å². The number of aliphatic hydroxyl groups excluding tert-OH is 1. The second-order valence-corrected chi connectivity index (χ2v) is 3.85. The van der Waals surface area contributed by atoms with Gasteiger partial charge in [-0.05, 0) is 20.0 Å². The van der Waals surface area contributed by atoms with Crippen molar-refractivity contribution in [3.8, 4) is 0 Å². The van der Waals surface area contributed by atoms with Crippen LogP contribution in [0.15, 0.2) is 0 Å². The van der Waals surface area contributed by atoms with E-state index in [0.717, 1.165) is 13.1 Å². The van der Waals surface area contributed by atoms with Crippen LogP contribution in [0.3, 0.4) is 0 Å². The van der Waals surface area contributed by atoms with Crippen molar-refractivity contribution < 1.29 is 10.2 Å². The molecule has 0 saturated carbocycles. The summed E-state index contributed by atoms with van der Waals surface area (Å²) in [6.07, 6.45) is -0.446. The summed E-state index contributed by atoms with van der Waals surface area (Å²) in [6.45, 7) is 8.23. The van der Waals surface area contributed by atoms with Gasteiger partial charge in [-0.3, -0.25) is 10.2 Å². The molecule has 5 N–H and O–H groups in total. The SMILES string of the molecule is CCN(CC)C(C)(O)CC(O)NCCN. The Morgan fingerprint density at radius 3 is 2.33 bits per heavy atom. The van der Waals surface area contributed by atoms with E-state index >= 15 is 0 Å². The smallest absolute Gasteiger partial charge is 0.119 e. The molecule has 0 heterocycles. The van der Waals surface area contributed by atoms with Crippen molar-refractivity contribution in [1.82, 2.24) is 10.2 Å². The molecule has 2 atom stereocenters. The summed E-state index contributed by atoms with van der Waals surface area (Å²) >= 11 is 0. The molecule has 0 spiro atoms. The minimum atomic E-state index is -0.982. The Labute approximate surface area is 92.3 Å². The molecule has 5 nitrogen and oxygen atoms in total. The zero-order valence-electron chi connectivity index (χ0n) is 10.0. The van der Waals surface area contributed by atoms with Gasteiger partial charge in [-0.25, -0.2) is 0 Å². The van der Waals surface area contributed by atoms with Crippen molar-refractivity contribution >= 4 is 0 Å². The monoisotopic (exact) mass is 219 g/mol. The van der Waals surface area contributed by atoms with E-state index in [9.17, 15) is 10.2 Å². The van der Waals surface area contributed by atoms with E-state index in [-0.39, 0.29) is 6.42 Å². The van der Waals surface area contributed by atoms with Gasteiger partial charge in [-0.2, -0.15) is 0 Å². The van der Waals surface area contributed by atoms with Gasteiger partial charge in [0.1, 0.15) is 12.0 Å². The Bertz CT molecular complexity index is 161. The van der Waals surface area contributed by atoms with Crippen LogP contribution in [0.25, 0.3) is 0 Å². The molecule has 0 rings (SSSR count). The van der Waals surface area contributed by atoms with Crippen LogP contribution in [0.4, 0.5) is 0 Å². The third kappa shape index (κ3) is 5.44. The Morgan fingerprint density at radius 2 is 1.93 bits per heavy atom. The predicted octanol–water partition coefficient (Wildman–Crippen LogP) is -0.706. The lowest BCUT2D eigenvalue weighted by molar-refractivity contribution is -0.119. The van der Waals surface area contributed by atoms with E-state index in [1.165, 1.54) is 0 Å². The summed E-state index contributed by atoms with van der Waals surface area (Å²) in [5.74, 6) is 0. The minimum Gasteiger partial charge on any atom is -0.378 e. The molecule has 0 aromatic rings. The fourth-order valence-corrected chi connectivity index (χ4v) is 1.72. The van der Waals surface area contributed by atoms with Crippen molar-refractivity contribution in [2.24, 2.45) is 5.73 Å². The molecule has 0 aromatic heterocycles. The maximum Gasteiger partial charge on any atom is 0.119 e. The second-order valence-electron chi connectivity index (χ2n) is 3.85. The first-order valence-electron chi connectivity index (χ1n) is 5.56. The summed E-state index contributed by atoms with van der Waals surface area (Å²) in [7, 11) is 0. The molecule has 0 radical (unpaired) electrons. The third-order valence-electron chi connectivity index (χ3n) is 2.55. The maximum absolute atomic E-state index is 10.1. The largest absolute Gasteiger partial charge is 0.378 e. The molecule has 0 fully saturated rings. The highest BCUT2D eigenvalue weighted by atomic mass is 16.3. The third-order valence-corrected chi connectivity index (χ3v) is 2.55. The van der Waals surface area contributed by atoms with Gasteiger partial charge >= 0.3 is 0 Å². The van der Waals surface area contributed by atoms with Gasteiger partial charge in [-0.15, -0.1) is 0 Å². The highest BCUT2D eigenvalue weighted by Gasteiger charge is 2.29. The summed E-state index contributed by atoms with van der Waals surface area (Å²) in [5, 5.41) is 22.6. The van der Waals surface area contributed by atoms with Crippen LogP contribution in [-0.4, -0.2) is 53.2 Å². The lowest BCUT2D eigenvalue weighted by Gasteiger charge is -2.37. The Hall–Kier alpha value is -0.200. The van der Waals surface area contributed by atoms with Crippen molar-refractivity contribution in [3.63, 3.8) is 0 Å². The molecule has 0 amide bonds. The van der Waals surface area contributed by atoms with Crippen LogP contribution in [0.2, 0.25) is 0 Å². The molecular formula is C10H25N3O2. The Kier molecular flexibility index (Phi) is 7.04. The summed E-state index contributed by atoms with van der Waals surface area (Å²) in [5.41, 5.74) is 4.32. The van der Waals surface area contributed by atoms with Gasteiger partial charge in [-0.1, -0.05) is 13.8 Å². The van der Waals surface area contributed by atoms with E-state index in [1.54, 1.807) is 6.92 Å². The molecule has 5 heteroatoms. The lowest BCUT2D eigenvalue weighted by Crippen LogP contribution is -2.50. The fraction of sp³-hybridized carbons (Fsp3) is 1.00. The topological polar surface area (TPSA) is 81.8 Å². The molecular weight excluding hydrogens is 194 g/mol. The maximum atomic E-state index is 10.1. The molecule has 0 saturated heterocycles. The first-order valence-corrected chi connectivity index (χ1v) is 5.56. The van der Waals surface area contributed by atoms with Crippen LogP contribution in [-0.2, 0) is 0 Å². The number of nitrogens with two attached hydrogens (primary N) is 1. The number of hydrogen-bond donors (Lipinski definition) is 4. The van der Waals surface area contributed by atoms with Crippen molar-refractivity contribution in [1.29, 1.82) is 0 Å². The second kappa shape index (κ2) is 7.14. The predicted molar refractivity (Wildman–Crippen MR) is 61.2 cm³/mol. The zero-order chi connectivity index (χ0) is 11.9. The summed E-state index contributed by atoms with van der Waals surface area (Å²) in [4.78, 5) is 1.90. The van der Waals surface area contributed by atoms with Gasteiger partial charge in [0.25, 0.3) is 0 Å². The first-order chi connectivity index (χ1) is 6.97. The van der Waals surface area contributed by atoms with E-state index in [1.807, 2.05) is 18.7 Å². The molecule has 92 valence electrons. The molecule has 0 aliphatic carbocycles. The first kappa shape index (κ1) is 14.8. The normalized spacial score (nSPS) is 17.8. The van der Waals surface area contributed by atoms with Gasteiger partial charge in [0.2, 0.25) is 0 Å². The van der Waals surface area contributed by atoms with E-state index < -0.39 is 12.0 Å². The standard InChI is InChI=1S/C10H25N3O2/c1-4-13(5-2)10(3,15)8-9(14)12-7-6-11/h9,12,14-15H,4-8,11H2,1-3H3. The van der Waals surface area contributed by atoms with Gasteiger partial charge in [0.15, 0.2) is 0 Å². The van der Waals surface area contributed by atoms with E-state index in [0.29, 0.717) is 13.1 Å². The average Bonchev–Trinajstić information content (AvgIpc) is 2.15. The van der Waals surface area contributed by atoms with Crippen LogP contribution in [0.1, 0.15) is 27.2 Å². The Balaban J connectivity index is 4.10. The molecule has 0 aliphatic rings. The minimum absolute atomic E-state index is 0.272. The average molecular weight is 219 g/mol. The lowest BCUT2D eigenvalue weighted by atomic mass is 10.1. The van der Waals surface area contributed by atoms with E-state index in [2.05, 4.69) is 5.32 Å². The highest BCUT2D eigenvalue weighted by Crippen LogP contribution is 2.16. The fourth-order valence-electron chi connectivity index (χ4n) is 1.72. The molecule has 0 aliphatic heterocycles. The molecule has 0 aromatic carbocycles. The van der Waals surface area contributed by atoms with Gasteiger partial charge < -0.3 is 15.9 Å². The van der Waals surface area contributed by atoms with Crippen LogP contribution < -0.4 is 11.1 Å². The van der Waals surface area contributed by atoms with Crippen LogP contribution >= 0.6 is 0 Å². The van der Waals surface area contributed by atoms with Gasteiger partial charge in [0, 0.05) is 19.5 Å². The van der Waals surface area contributed by atoms with E-state index in [4.69, 9.17) is 5.73 Å². The quantitative estimate of drug-likeness (QED) is 0.406. The Morgan fingerprint density at radius 1 is 1.40 bits per heavy atom. The molecule has 15 heavy (non-hydrogen) atoms. The zero-order valence-corrected chi connectivity index (χ0v) is 10.0. The summed E-state index contributed by atoms with van der Waals surface area (Å²) in [6, 6.07) is 0. The summed E-state index contributed by atoms with van der Waals surface area (Å²) < 4.78 is 0. The van der Waals surface area contributed by atoms with Crippen LogP contribution in [0, 0.1) is 0 Å². The van der Waals surface area contributed by atoms with Crippen LogP contribution in [0.5, 0.6) is 0 Å². The van der Waals surface area contributed by atoms with Crippen molar-refractivity contribution in [3.05, 3.63) is 0 Å². The van der Waals surface area contributed by atoms with Crippen molar-refractivity contribution in [2.45, 2.75) is 39.1 Å². The number of aliphatic hydroxyl groups is 2. The number of hydrogen-bond acceptors (Lipinski definition) is 5. The van der Waals surface area contributed by atoms with Crippen molar-refractivity contribution in [2.75, 3.05) is 26.2 Å². The molecule has 2 unspecified atom stereocenters. The number of nitrogens with one attached hydrogen (secondary N) is 1. The number of nitrogens with zero attached hydrogens (tertiary/aromatic N) is 1. The highest BCUT2D eigenvalue weighted by molar-refractivity contribution is 4.76. The number of rotatable bonds is 8. The molecule has 0 bridgehead atoms.